The van der Waals surface area contributed by atoms with Crippen LogP contribution in [0.15, 0.2) is 17.5 Å². The number of amides is 2. The molecular weight excluding hydrogens is 262 g/mol. The minimum Gasteiger partial charge on any atom is -0.348 e. The van der Waals surface area contributed by atoms with Crippen molar-refractivity contribution in [1.29, 1.82) is 0 Å². The molecule has 0 radical (unpaired) electrons. The maximum absolute atomic E-state index is 11.8. The van der Waals surface area contributed by atoms with E-state index in [-0.39, 0.29) is 30.9 Å². The summed E-state index contributed by atoms with van der Waals surface area (Å²) in [5, 5.41) is 4.91. The lowest BCUT2D eigenvalue weighted by atomic mass is 10.2. The standard InChI is InChI=1S/C13H21N3O2S/c1-10(11-6-5-7-19-11)14-12(17)8-16(4)9-13(18)15(2)3/h5-7,10H,8-9H2,1-4H3,(H,14,17). The summed E-state index contributed by atoms with van der Waals surface area (Å²) >= 11 is 1.62. The van der Waals surface area contributed by atoms with Crippen molar-refractivity contribution in [3.05, 3.63) is 22.4 Å². The Labute approximate surface area is 118 Å². The average molecular weight is 283 g/mol. The average Bonchev–Trinajstić information content (AvgIpc) is 2.81. The van der Waals surface area contributed by atoms with Gasteiger partial charge in [-0.1, -0.05) is 6.07 Å². The van der Waals surface area contributed by atoms with Crippen LogP contribution in [-0.2, 0) is 9.59 Å². The SMILES string of the molecule is CC(NC(=O)CN(C)CC(=O)N(C)C)c1cccs1. The Hall–Kier alpha value is -1.40. The molecule has 0 saturated heterocycles. The zero-order valence-corrected chi connectivity index (χ0v) is 12.7. The molecule has 0 aliphatic heterocycles. The fourth-order valence-electron chi connectivity index (χ4n) is 1.57. The second kappa shape index (κ2) is 7.25. The van der Waals surface area contributed by atoms with Gasteiger partial charge in [0.2, 0.25) is 11.8 Å². The number of rotatable bonds is 6. The normalized spacial score (nSPS) is 12.3. The molecule has 1 N–H and O–H groups in total. The summed E-state index contributed by atoms with van der Waals surface area (Å²) in [5.41, 5.74) is 0. The molecule has 5 nitrogen and oxygen atoms in total. The van der Waals surface area contributed by atoms with E-state index in [1.165, 1.54) is 4.90 Å². The summed E-state index contributed by atoms with van der Waals surface area (Å²) in [6.45, 7) is 2.41. The van der Waals surface area contributed by atoms with Crippen LogP contribution in [0.2, 0.25) is 0 Å². The Morgan fingerprint density at radius 2 is 2.00 bits per heavy atom. The Morgan fingerprint density at radius 1 is 1.32 bits per heavy atom. The summed E-state index contributed by atoms with van der Waals surface area (Å²) in [6, 6.07) is 3.96. The van der Waals surface area contributed by atoms with Crippen molar-refractivity contribution >= 4 is 23.2 Å². The van der Waals surface area contributed by atoms with Gasteiger partial charge in [-0.05, 0) is 25.4 Å². The third-order valence-electron chi connectivity index (χ3n) is 2.66. The minimum atomic E-state index is -0.0741. The fraction of sp³-hybridized carbons (Fsp3) is 0.538. The second-order valence-electron chi connectivity index (χ2n) is 4.77. The summed E-state index contributed by atoms with van der Waals surface area (Å²) in [4.78, 5) is 27.7. The van der Waals surface area contributed by atoms with Crippen LogP contribution in [0, 0.1) is 0 Å². The van der Waals surface area contributed by atoms with Crippen LogP contribution in [0.1, 0.15) is 17.8 Å². The van der Waals surface area contributed by atoms with Gasteiger partial charge in [0.1, 0.15) is 0 Å². The van der Waals surface area contributed by atoms with E-state index in [1.54, 1.807) is 37.4 Å². The molecule has 1 unspecified atom stereocenters. The zero-order chi connectivity index (χ0) is 14.4. The molecule has 106 valence electrons. The number of carbonyl (C=O) groups excluding carboxylic acids is 2. The van der Waals surface area contributed by atoms with Gasteiger partial charge in [0.05, 0.1) is 19.1 Å². The molecule has 1 aromatic heterocycles. The molecular formula is C13H21N3O2S. The number of nitrogens with one attached hydrogen (secondary N) is 1. The Kier molecular flexibility index (Phi) is 5.98. The number of hydrogen-bond acceptors (Lipinski definition) is 4. The van der Waals surface area contributed by atoms with E-state index < -0.39 is 0 Å². The predicted octanol–water partition coefficient (Wildman–Crippen LogP) is 0.945. The third kappa shape index (κ3) is 5.40. The molecule has 1 heterocycles. The number of carbonyl (C=O) groups is 2. The molecule has 1 atom stereocenters. The first-order valence-corrected chi connectivity index (χ1v) is 6.99. The van der Waals surface area contributed by atoms with Crippen LogP contribution in [0.4, 0.5) is 0 Å². The molecule has 19 heavy (non-hydrogen) atoms. The van der Waals surface area contributed by atoms with E-state index >= 15 is 0 Å². The van der Waals surface area contributed by atoms with Gasteiger partial charge in [-0.15, -0.1) is 11.3 Å². The van der Waals surface area contributed by atoms with Gasteiger partial charge in [-0.3, -0.25) is 14.5 Å². The van der Waals surface area contributed by atoms with Crippen LogP contribution >= 0.6 is 11.3 Å². The first-order valence-electron chi connectivity index (χ1n) is 6.11. The highest BCUT2D eigenvalue weighted by atomic mass is 32.1. The first-order chi connectivity index (χ1) is 8.90. The molecule has 0 spiro atoms. The second-order valence-corrected chi connectivity index (χ2v) is 5.74. The van der Waals surface area contributed by atoms with Crippen LogP contribution in [-0.4, -0.2) is 55.8 Å². The molecule has 0 bridgehead atoms. The molecule has 1 rings (SSSR count). The Balaban J connectivity index is 2.36. The van der Waals surface area contributed by atoms with E-state index in [0.29, 0.717) is 0 Å². The van der Waals surface area contributed by atoms with E-state index in [2.05, 4.69) is 5.32 Å². The maximum Gasteiger partial charge on any atom is 0.236 e. The lowest BCUT2D eigenvalue weighted by molar-refractivity contribution is -0.130. The van der Waals surface area contributed by atoms with Gasteiger partial charge in [0.15, 0.2) is 0 Å². The van der Waals surface area contributed by atoms with Gasteiger partial charge in [-0.2, -0.15) is 0 Å². The van der Waals surface area contributed by atoms with Gasteiger partial charge in [0, 0.05) is 19.0 Å². The first kappa shape index (κ1) is 15.7. The van der Waals surface area contributed by atoms with Crippen molar-refractivity contribution in [1.82, 2.24) is 15.1 Å². The molecule has 1 aromatic rings. The fourth-order valence-corrected chi connectivity index (χ4v) is 2.30. The summed E-state index contributed by atoms with van der Waals surface area (Å²) in [7, 11) is 5.17. The van der Waals surface area contributed by atoms with Crippen LogP contribution in [0.5, 0.6) is 0 Å². The van der Waals surface area contributed by atoms with E-state index in [4.69, 9.17) is 0 Å². The van der Waals surface area contributed by atoms with E-state index in [9.17, 15) is 9.59 Å². The predicted molar refractivity (Wildman–Crippen MR) is 77.1 cm³/mol. The largest absolute Gasteiger partial charge is 0.348 e. The highest BCUT2D eigenvalue weighted by Crippen LogP contribution is 2.17. The van der Waals surface area contributed by atoms with Crippen molar-refractivity contribution in [3.8, 4) is 0 Å². The van der Waals surface area contributed by atoms with Gasteiger partial charge >= 0.3 is 0 Å². The third-order valence-corrected chi connectivity index (χ3v) is 3.72. The maximum atomic E-state index is 11.8. The van der Waals surface area contributed by atoms with E-state index in [0.717, 1.165) is 4.88 Å². The topological polar surface area (TPSA) is 52.7 Å². The minimum absolute atomic E-state index is 0.00505. The molecule has 0 aromatic carbocycles. The quantitative estimate of drug-likeness (QED) is 0.845. The molecule has 2 amide bonds. The number of hydrogen-bond donors (Lipinski definition) is 1. The van der Waals surface area contributed by atoms with Crippen molar-refractivity contribution in [2.24, 2.45) is 0 Å². The van der Waals surface area contributed by atoms with Crippen LogP contribution in [0.3, 0.4) is 0 Å². The Morgan fingerprint density at radius 3 is 2.53 bits per heavy atom. The lowest BCUT2D eigenvalue weighted by Gasteiger charge is -2.19. The molecule has 0 aliphatic rings. The summed E-state index contributed by atoms with van der Waals surface area (Å²) in [5.74, 6) is -0.0865. The van der Waals surface area contributed by atoms with Gasteiger partial charge in [-0.25, -0.2) is 0 Å². The van der Waals surface area contributed by atoms with Crippen molar-refractivity contribution in [2.45, 2.75) is 13.0 Å². The number of nitrogens with zero attached hydrogens (tertiary/aromatic N) is 2. The van der Waals surface area contributed by atoms with Gasteiger partial charge in [0.25, 0.3) is 0 Å². The van der Waals surface area contributed by atoms with Gasteiger partial charge < -0.3 is 10.2 Å². The highest BCUT2D eigenvalue weighted by Gasteiger charge is 2.14. The molecule has 0 fully saturated rings. The summed E-state index contributed by atoms with van der Waals surface area (Å²) < 4.78 is 0. The van der Waals surface area contributed by atoms with Crippen molar-refractivity contribution in [3.63, 3.8) is 0 Å². The molecule has 6 heteroatoms. The van der Waals surface area contributed by atoms with E-state index in [1.807, 2.05) is 24.4 Å². The smallest absolute Gasteiger partial charge is 0.236 e. The van der Waals surface area contributed by atoms with Crippen LogP contribution < -0.4 is 5.32 Å². The number of thiophene rings is 1. The van der Waals surface area contributed by atoms with Crippen LogP contribution in [0.25, 0.3) is 0 Å². The zero-order valence-electron chi connectivity index (χ0n) is 11.8. The monoisotopic (exact) mass is 283 g/mol. The molecule has 0 saturated carbocycles. The van der Waals surface area contributed by atoms with Crippen molar-refractivity contribution < 1.29 is 9.59 Å². The molecule has 0 aliphatic carbocycles. The van der Waals surface area contributed by atoms with Crippen molar-refractivity contribution in [2.75, 3.05) is 34.2 Å². The lowest BCUT2D eigenvalue weighted by Crippen LogP contribution is -2.41. The Bertz CT molecular complexity index is 418. The number of likely N-dealkylation sites (N-methyl/N-ethyl adjacent to an activating group) is 2. The highest BCUT2D eigenvalue weighted by molar-refractivity contribution is 7.10. The summed E-state index contributed by atoms with van der Waals surface area (Å²) in [6.07, 6.45) is 0.